The molecule has 1 aliphatic rings. The van der Waals surface area contributed by atoms with Crippen molar-refractivity contribution < 1.29 is 19.0 Å². The molecule has 5 heteroatoms. The van der Waals surface area contributed by atoms with Crippen molar-refractivity contribution in [2.75, 3.05) is 13.2 Å². The molecule has 3 rings (SSSR count). The number of rotatable bonds is 6. The fourth-order valence-electron chi connectivity index (χ4n) is 2.66. The van der Waals surface area contributed by atoms with Gasteiger partial charge in [0.25, 0.3) is 5.91 Å². The molecule has 1 heterocycles. The summed E-state index contributed by atoms with van der Waals surface area (Å²) in [5, 5.41) is 2.90. The molecule has 0 aromatic heterocycles. The predicted octanol–water partition coefficient (Wildman–Crippen LogP) is 3.11. The quantitative estimate of drug-likeness (QED) is 0.877. The van der Waals surface area contributed by atoms with Crippen molar-refractivity contribution in [2.24, 2.45) is 0 Å². The summed E-state index contributed by atoms with van der Waals surface area (Å²) in [6.45, 7) is 4.68. The van der Waals surface area contributed by atoms with E-state index in [2.05, 4.69) is 5.32 Å². The first-order chi connectivity index (χ1) is 12.2. The van der Waals surface area contributed by atoms with Gasteiger partial charge in [-0.25, -0.2) is 0 Å². The second-order valence-corrected chi connectivity index (χ2v) is 6.02. The minimum atomic E-state index is -0.530. The Labute approximate surface area is 147 Å². The van der Waals surface area contributed by atoms with Crippen molar-refractivity contribution in [3.63, 3.8) is 0 Å². The molecule has 1 aliphatic heterocycles. The average Bonchev–Trinajstić information content (AvgIpc) is 2.65. The molecule has 0 unspecified atom stereocenters. The number of amides is 1. The van der Waals surface area contributed by atoms with Gasteiger partial charge < -0.3 is 19.5 Å². The maximum Gasteiger partial charge on any atom is 0.261 e. The van der Waals surface area contributed by atoms with Crippen molar-refractivity contribution in [1.82, 2.24) is 5.32 Å². The number of carbonyl (C=O) groups is 1. The molecule has 5 nitrogen and oxygen atoms in total. The van der Waals surface area contributed by atoms with Crippen LogP contribution in [0.15, 0.2) is 48.5 Å². The van der Waals surface area contributed by atoms with E-state index in [1.54, 1.807) is 0 Å². The van der Waals surface area contributed by atoms with E-state index in [0.29, 0.717) is 25.3 Å². The summed E-state index contributed by atoms with van der Waals surface area (Å²) in [5.41, 5.74) is 1.01. The first kappa shape index (κ1) is 17.1. The van der Waals surface area contributed by atoms with E-state index < -0.39 is 6.10 Å². The molecule has 0 fully saturated rings. The van der Waals surface area contributed by atoms with E-state index >= 15 is 0 Å². The third-order valence-electron chi connectivity index (χ3n) is 4.10. The monoisotopic (exact) mass is 341 g/mol. The highest BCUT2D eigenvalue weighted by Crippen LogP contribution is 2.30. The molecule has 1 amide bonds. The van der Waals surface area contributed by atoms with Gasteiger partial charge in [-0.15, -0.1) is 0 Å². The van der Waals surface area contributed by atoms with Crippen LogP contribution in [0.4, 0.5) is 0 Å². The summed E-state index contributed by atoms with van der Waals surface area (Å²) in [6, 6.07) is 15.2. The van der Waals surface area contributed by atoms with Crippen LogP contribution in [0.3, 0.4) is 0 Å². The molecule has 0 saturated carbocycles. The van der Waals surface area contributed by atoms with Crippen LogP contribution < -0.4 is 19.5 Å². The maximum absolute atomic E-state index is 12.4. The second-order valence-electron chi connectivity index (χ2n) is 6.02. The minimum Gasteiger partial charge on any atom is -0.486 e. The fourth-order valence-corrected chi connectivity index (χ4v) is 2.66. The number of aryl methyl sites for hydroxylation is 1. The van der Waals surface area contributed by atoms with Crippen molar-refractivity contribution in [3.8, 4) is 17.2 Å². The average molecular weight is 341 g/mol. The van der Waals surface area contributed by atoms with Gasteiger partial charge >= 0.3 is 0 Å². The van der Waals surface area contributed by atoms with E-state index in [9.17, 15) is 4.79 Å². The van der Waals surface area contributed by atoms with Gasteiger partial charge in [0.15, 0.2) is 17.6 Å². The van der Waals surface area contributed by atoms with Gasteiger partial charge in [0, 0.05) is 0 Å². The van der Waals surface area contributed by atoms with Crippen LogP contribution in [0.1, 0.15) is 18.9 Å². The van der Waals surface area contributed by atoms with Gasteiger partial charge in [-0.1, -0.05) is 37.3 Å². The van der Waals surface area contributed by atoms with E-state index in [4.69, 9.17) is 14.2 Å². The van der Waals surface area contributed by atoms with Gasteiger partial charge in [0.2, 0.25) is 0 Å². The molecular formula is C20H23NO4. The number of nitrogens with one attached hydrogen (secondary N) is 1. The normalized spacial score (nSPS) is 16.8. The predicted molar refractivity (Wildman–Crippen MR) is 95.2 cm³/mol. The first-order valence-corrected chi connectivity index (χ1v) is 8.56. The van der Waals surface area contributed by atoms with Crippen molar-refractivity contribution in [1.29, 1.82) is 0 Å². The Kier molecular flexibility index (Phi) is 5.43. The number of ether oxygens (including phenoxy) is 3. The summed E-state index contributed by atoms with van der Waals surface area (Å²) in [5.74, 6) is 2.03. The minimum absolute atomic E-state index is 0.145. The Morgan fingerprint density at radius 1 is 1.20 bits per heavy atom. The molecule has 0 spiro atoms. The Morgan fingerprint density at radius 2 is 1.92 bits per heavy atom. The van der Waals surface area contributed by atoms with Crippen molar-refractivity contribution in [3.05, 3.63) is 54.1 Å². The van der Waals surface area contributed by atoms with Crippen LogP contribution in [0, 0.1) is 6.92 Å². The molecule has 0 bridgehead atoms. The summed E-state index contributed by atoms with van der Waals surface area (Å²) in [7, 11) is 0. The smallest absolute Gasteiger partial charge is 0.261 e. The number of hydrogen-bond donors (Lipinski definition) is 1. The molecule has 2 atom stereocenters. The number of benzene rings is 2. The largest absolute Gasteiger partial charge is 0.486 e. The summed E-state index contributed by atoms with van der Waals surface area (Å²) < 4.78 is 17.4. The fraction of sp³-hybridized carbons (Fsp3) is 0.350. The second kappa shape index (κ2) is 7.92. The number of carbonyl (C=O) groups excluding carboxylic acids is 1. The lowest BCUT2D eigenvalue weighted by atomic mass is 10.2. The van der Waals surface area contributed by atoms with E-state index in [1.807, 2.05) is 62.4 Å². The topological polar surface area (TPSA) is 56.8 Å². The van der Waals surface area contributed by atoms with Crippen LogP contribution in [0.2, 0.25) is 0 Å². The van der Waals surface area contributed by atoms with Crippen LogP contribution in [0.25, 0.3) is 0 Å². The highest BCUT2D eigenvalue weighted by Gasteiger charge is 2.24. The molecule has 1 N–H and O–H groups in total. The molecule has 132 valence electrons. The molecule has 2 aromatic rings. The molecular weight excluding hydrogens is 318 g/mol. The highest BCUT2D eigenvalue weighted by atomic mass is 16.6. The Hall–Kier alpha value is -2.69. The molecule has 2 aromatic carbocycles. The zero-order valence-corrected chi connectivity index (χ0v) is 14.5. The van der Waals surface area contributed by atoms with E-state index in [0.717, 1.165) is 17.1 Å². The third kappa shape index (κ3) is 4.24. The Bertz CT molecular complexity index is 731. The number of fused-ring (bicyclic) bond motifs is 1. The Morgan fingerprint density at radius 3 is 2.68 bits per heavy atom. The lowest BCUT2D eigenvalue weighted by Gasteiger charge is -2.27. The lowest BCUT2D eigenvalue weighted by Crippen LogP contribution is -2.45. The summed E-state index contributed by atoms with van der Waals surface area (Å²) in [6.07, 6.45) is -0.155. The van der Waals surface area contributed by atoms with Gasteiger partial charge in [-0.05, 0) is 37.1 Å². The zero-order chi connectivity index (χ0) is 17.6. The van der Waals surface area contributed by atoms with Gasteiger partial charge in [-0.2, -0.15) is 0 Å². The zero-order valence-electron chi connectivity index (χ0n) is 14.5. The van der Waals surface area contributed by atoms with E-state index in [-0.39, 0.29) is 12.0 Å². The van der Waals surface area contributed by atoms with Crippen LogP contribution in [-0.4, -0.2) is 31.3 Å². The molecule has 25 heavy (non-hydrogen) atoms. The lowest BCUT2D eigenvalue weighted by molar-refractivity contribution is -0.128. The number of hydrogen-bond acceptors (Lipinski definition) is 4. The number of para-hydroxylation sites is 3. The summed E-state index contributed by atoms with van der Waals surface area (Å²) in [4.78, 5) is 12.4. The van der Waals surface area contributed by atoms with Gasteiger partial charge in [0.1, 0.15) is 18.5 Å². The van der Waals surface area contributed by atoms with E-state index in [1.165, 1.54) is 0 Å². The molecule has 0 radical (unpaired) electrons. The standard InChI is InChI=1S/C20H23NO4/c1-3-16(25-17-9-5-4-8-14(17)2)20(22)21-12-15-13-23-18-10-6-7-11-19(18)24-15/h4-11,15-16H,3,12-13H2,1-2H3,(H,21,22)/t15-,16+/m0/s1. The SMILES string of the molecule is CC[C@@H](Oc1ccccc1C)C(=O)NC[C@H]1COc2ccccc2O1. The molecule has 0 saturated heterocycles. The first-order valence-electron chi connectivity index (χ1n) is 8.56. The summed E-state index contributed by atoms with van der Waals surface area (Å²) >= 11 is 0. The Balaban J connectivity index is 1.54. The van der Waals surface area contributed by atoms with Crippen molar-refractivity contribution >= 4 is 5.91 Å². The van der Waals surface area contributed by atoms with Crippen LogP contribution in [-0.2, 0) is 4.79 Å². The van der Waals surface area contributed by atoms with Crippen LogP contribution in [0.5, 0.6) is 17.2 Å². The highest BCUT2D eigenvalue weighted by molar-refractivity contribution is 5.81. The van der Waals surface area contributed by atoms with Crippen molar-refractivity contribution in [2.45, 2.75) is 32.5 Å². The maximum atomic E-state index is 12.4. The molecule has 0 aliphatic carbocycles. The van der Waals surface area contributed by atoms with Gasteiger partial charge in [-0.3, -0.25) is 4.79 Å². The van der Waals surface area contributed by atoms with Gasteiger partial charge in [0.05, 0.1) is 6.54 Å². The third-order valence-corrected chi connectivity index (χ3v) is 4.10. The van der Waals surface area contributed by atoms with Crippen LogP contribution >= 0.6 is 0 Å².